The summed E-state index contributed by atoms with van der Waals surface area (Å²) in [6.07, 6.45) is 1.86. The zero-order valence-corrected chi connectivity index (χ0v) is 17.0. The van der Waals surface area contributed by atoms with E-state index < -0.39 is 11.5 Å². The predicted molar refractivity (Wildman–Crippen MR) is 106 cm³/mol. The van der Waals surface area contributed by atoms with E-state index in [4.69, 9.17) is 14.2 Å². The van der Waals surface area contributed by atoms with Gasteiger partial charge in [-0.05, 0) is 57.5 Å². The van der Waals surface area contributed by atoms with E-state index in [9.17, 15) is 4.39 Å². The van der Waals surface area contributed by atoms with Crippen LogP contribution in [0.15, 0.2) is 54.3 Å². The number of fused-ring (bicyclic) bond motifs is 1. The molecule has 0 radical (unpaired) electrons. The molecule has 0 unspecified atom stereocenters. The Balaban J connectivity index is 2.07. The smallest absolute Gasteiger partial charge is 0.239 e. The molecule has 1 heterocycles. The lowest BCUT2D eigenvalue weighted by molar-refractivity contribution is -0.249. The number of ether oxygens (including phenoxy) is 3. The summed E-state index contributed by atoms with van der Waals surface area (Å²) in [5.74, 6) is -0.870. The first-order valence-electron chi connectivity index (χ1n) is 9.35. The lowest BCUT2D eigenvalue weighted by atomic mass is 9.92. The maximum absolute atomic E-state index is 14.8. The summed E-state index contributed by atoms with van der Waals surface area (Å²) in [6, 6.07) is 14.2. The van der Waals surface area contributed by atoms with Gasteiger partial charge in [-0.2, -0.15) is 0 Å². The van der Waals surface area contributed by atoms with E-state index in [2.05, 4.69) is 6.07 Å². The number of alkyl halides is 1. The van der Waals surface area contributed by atoms with Crippen LogP contribution in [-0.2, 0) is 20.0 Å². The molecule has 2 aromatic rings. The highest BCUT2D eigenvalue weighted by Gasteiger charge is 2.45. The van der Waals surface area contributed by atoms with Gasteiger partial charge in [0.05, 0.1) is 11.7 Å². The van der Waals surface area contributed by atoms with E-state index >= 15 is 0 Å². The molecular weight excluding hydrogens is 343 g/mol. The number of hydrogen-bond donors (Lipinski definition) is 0. The van der Waals surface area contributed by atoms with E-state index in [1.165, 1.54) is 13.8 Å². The fourth-order valence-corrected chi connectivity index (χ4v) is 3.44. The molecule has 0 spiro atoms. The van der Waals surface area contributed by atoms with Crippen molar-refractivity contribution in [3.63, 3.8) is 0 Å². The highest BCUT2D eigenvalue weighted by molar-refractivity contribution is 5.83. The molecule has 2 atom stereocenters. The molecule has 1 aliphatic rings. The van der Waals surface area contributed by atoms with Crippen molar-refractivity contribution in [3.8, 4) is 0 Å². The van der Waals surface area contributed by atoms with Gasteiger partial charge in [-0.3, -0.25) is 0 Å². The molecule has 0 saturated carbocycles. The Kier molecular flexibility index (Phi) is 5.08. The first kappa shape index (κ1) is 19.8. The van der Waals surface area contributed by atoms with E-state index in [-0.39, 0.29) is 17.5 Å². The molecule has 0 aliphatic carbocycles. The minimum atomic E-state index is -1.64. The summed E-state index contributed by atoms with van der Waals surface area (Å²) >= 11 is 0. The number of allylic oxidation sites excluding steroid dienone is 1. The normalized spacial score (nSPS) is 23.8. The Hall–Kier alpha value is -1.91. The maximum atomic E-state index is 14.8. The number of methoxy groups -OCH3 is 1. The van der Waals surface area contributed by atoms with Crippen LogP contribution in [0, 0.1) is 0 Å². The number of rotatable bonds is 4. The first-order valence-corrected chi connectivity index (χ1v) is 9.35. The van der Waals surface area contributed by atoms with Gasteiger partial charge in [0.15, 0.2) is 5.67 Å². The van der Waals surface area contributed by atoms with Crippen LogP contribution in [0.4, 0.5) is 4.39 Å². The molecule has 3 rings (SSSR count). The molecular formula is C23H29FO3. The number of benzene rings is 2. The van der Waals surface area contributed by atoms with Crippen LogP contribution in [0.3, 0.4) is 0 Å². The first-order chi connectivity index (χ1) is 12.5. The minimum absolute atomic E-state index is 0.234. The molecule has 2 aromatic carbocycles. The van der Waals surface area contributed by atoms with Gasteiger partial charge in [0.2, 0.25) is 5.79 Å². The Morgan fingerprint density at radius 2 is 1.70 bits per heavy atom. The quantitative estimate of drug-likeness (QED) is 0.671. The van der Waals surface area contributed by atoms with E-state index in [1.807, 2.05) is 57.2 Å². The van der Waals surface area contributed by atoms with Crippen molar-refractivity contribution in [1.29, 1.82) is 0 Å². The molecule has 0 fully saturated rings. The lowest BCUT2D eigenvalue weighted by Gasteiger charge is -2.43. The van der Waals surface area contributed by atoms with Gasteiger partial charge in [0.1, 0.15) is 5.76 Å². The molecule has 0 saturated heterocycles. The summed E-state index contributed by atoms with van der Waals surface area (Å²) in [5, 5.41) is 2.21. The SMILES string of the molecule is CO[C@]1(c2ccc3ccccc3c2)C[C@@H](OC(C)(C)C)C=C(C(C)(C)F)O1. The van der Waals surface area contributed by atoms with Gasteiger partial charge in [0, 0.05) is 19.1 Å². The molecule has 0 N–H and O–H groups in total. The fraction of sp³-hybridized carbons (Fsp3) is 0.478. The molecule has 4 heteroatoms. The van der Waals surface area contributed by atoms with Crippen LogP contribution in [0.2, 0.25) is 0 Å². The van der Waals surface area contributed by atoms with Crippen molar-refractivity contribution in [2.75, 3.05) is 7.11 Å². The Morgan fingerprint density at radius 3 is 2.30 bits per heavy atom. The van der Waals surface area contributed by atoms with Crippen molar-refractivity contribution in [3.05, 3.63) is 59.9 Å². The highest BCUT2D eigenvalue weighted by atomic mass is 19.1. The number of halogens is 1. The summed E-state index contributed by atoms with van der Waals surface area (Å²) < 4.78 is 33.0. The van der Waals surface area contributed by atoms with Crippen molar-refractivity contribution >= 4 is 10.8 Å². The van der Waals surface area contributed by atoms with Gasteiger partial charge in [-0.15, -0.1) is 0 Å². The molecule has 146 valence electrons. The molecule has 3 nitrogen and oxygen atoms in total. The Labute approximate surface area is 161 Å². The topological polar surface area (TPSA) is 27.7 Å². The third kappa shape index (κ3) is 4.33. The van der Waals surface area contributed by atoms with Crippen LogP contribution < -0.4 is 0 Å². The van der Waals surface area contributed by atoms with Crippen LogP contribution in [0.1, 0.15) is 46.6 Å². The van der Waals surface area contributed by atoms with Crippen molar-refractivity contribution in [1.82, 2.24) is 0 Å². The summed E-state index contributed by atoms with van der Waals surface area (Å²) in [6.45, 7) is 8.93. The Bertz CT molecular complexity index is 845. The van der Waals surface area contributed by atoms with Gasteiger partial charge >= 0.3 is 0 Å². The fourth-order valence-electron chi connectivity index (χ4n) is 3.44. The van der Waals surface area contributed by atoms with Crippen molar-refractivity contribution in [2.45, 2.75) is 64.2 Å². The van der Waals surface area contributed by atoms with Crippen LogP contribution >= 0.6 is 0 Å². The van der Waals surface area contributed by atoms with E-state index in [1.54, 1.807) is 13.2 Å². The van der Waals surface area contributed by atoms with E-state index in [0.29, 0.717) is 6.42 Å². The monoisotopic (exact) mass is 372 g/mol. The molecule has 1 aliphatic heterocycles. The average molecular weight is 372 g/mol. The van der Waals surface area contributed by atoms with Crippen LogP contribution in [0.5, 0.6) is 0 Å². The van der Waals surface area contributed by atoms with Crippen LogP contribution in [0.25, 0.3) is 10.8 Å². The summed E-state index contributed by atoms with van der Waals surface area (Å²) in [7, 11) is 1.59. The molecule has 27 heavy (non-hydrogen) atoms. The second kappa shape index (κ2) is 6.92. The second-order valence-electron chi connectivity index (χ2n) is 8.60. The minimum Gasteiger partial charge on any atom is -0.459 e. The Morgan fingerprint density at radius 1 is 1.04 bits per heavy atom. The van der Waals surface area contributed by atoms with Gasteiger partial charge < -0.3 is 14.2 Å². The predicted octanol–water partition coefficient (Wildman–Crippen LogP) is 5.88. The van der Waals surface area contributed by atoms with E-state index in [0.717, 1.165) is 16.3 Å². The van der Waals surface area contributed by atoms with Gasteiger partial charge in [-0.25, -0.2) is 4.39 Å². The molecule has 0 amide bonds. The van der Waals surface area contributed by atoms with Crippen LogP contribution in [-0.4, -0.2) is 24.5 Å². The maximum Gasteiger partial charge on any atom is 0.239 e. The lowest BCUT2D eigenvalue weighted by Crippen LogP contribution is -2.44. The third-order valence-electron chi connectivity index (χ3n) is 4.69. The van der Waals surface area contributed by atoms with Gasteiger partial charge in [-0.1, -0.05) is 36.4 Å². The average Bonchev–Trinajstić information content (AvgIpc) is 2.58. The standard InChI is InChI=1S/C23H29FO3/c1-21(2,3)26-19-14-20(22(4,5)24)27-23(15-19,25-6)18-12-11-16-9-7-8-10-17(16)13-18/h7-14,19H,15H2,1-6H3/t19-,23+/m0/s1. The zero-order chi connectivity index (χ0) is 19.9. The van der Waals surface area contributed by atoms with Gasteiger partial charge in [0.25, 0.3) is 0 Å². The number of hydrogen-bond acceptors (Lipinski definition) is 3. The summed E-state index contributed by atoms with van der Waals surface area (Å²) in [5.41, 5.74) is -1.16. The highest BCUT2D eigenvalue weighted by Crippen LogP contribution is 2.43. The zero-order valence-electron chi connectivity index (χ0n) is 17.0. The molecule has 0 aromatic heterocycles. The largest absolute Gasteiger partial charge is 0.459 e. The molecule has 0 bridgehead atoms. The summed E-state index contributed by atoms with van der Waals surface area (Å²) in [4.78, 5) is 0. The third-order valence-corrected chi connectivity index (χ3v) is 4.69. The second-order valence-corrected chi connectivity index (χ2v) is 8.60. The van der Waals surface area contributed by atoms with Crippen molar-refractivity contribution in [2.24, 2.45) is 0 Å². The van der Waals surface area contributed by atoms with Crippen molar-refractivity contribution < 1.29 is 18.6 Å².